The molecule has 1 aliphatic carbocycles. The van der Waals surface area contributed by atoms with Gasteiger partial charge in [-0.15, -0.1) is 0 Å². The lowest BCUT2D eigenvalue weighted by atomic mass is 9.63. The van der Waals surface area contributed by atoms with Gasteiger partial charge in [0.15, 0.2) is 0 Å². The molecule has 1 fully saturated rings. The summed E-state index contributed by atoms with van der Waals surface area (Å²) in [5.41, 5.74) is 4.29. The molecule has 50 heavy (non-hydrogen) atoms. The molecule has 0 unspecified atom stereocenters. The van der Waals surface area contributed by atoms with Gasteiger partial charge in [-0.05, 0) is 87.8 Å². The minimum absolute atomic E-state index is 0.274. The van der Waals surface area contributed by atoms with Crippen molar-refractivity contribution in [1.82, 2.24) is 0 Å². The summed E-state index contributed by atoms with van der Waals surface area (Å²) >= 11 is 0. The predicted octanol–water partition coefficient (Wildman–Crippen LogP) is 9.79. The Morgan fingerprint density at radius 1 is 0.480 bits per heavy atom. The number of rotatable bonds is 2. The molecule has 0 saturated heterocycles. The van der Waals surface area contributed by atoms with E-state index in [9.17, 15) is 10.2 Å². The summed E-state index contributed by atoms with van der Waals surface area (Å²) in [4.78, 5) is 4.67. The van der Waals surface area contributed by atoms with Crippen molar-refractivity contribution in [1.29, 1.82) is 0 Å². The molecule has 0 amide bonds. The number of hydrogen-bond donors (Lipinski definition) is 2. The summed E-state index contributed by atoms with van der Waals surface area (Å²) in [5.74, 6) is -0.548. The van der Waals surface area contributed by atoms with Crippen molar-refractivity contribution in [2.24, 2.45) is 0 Å². The first-order valence-corrected chi connectivity index (χ1v) is 20.5. The van der Waals surface area contributed by atoms with Gasteiger partial charge in [-0.3, -0.25) is 0 Å². The van der Waals surface area contributed by atoms with E-state index in [2.05, 4.69) is 84.3 Å². The minimum atomic E-state index is -0.610. The van der Waals surface area contributed by atoms with Crippen LogP contribution in [0, 0.1) is 0 Å². The van der Waals surface area contributed by atoms with Crippen LogP contribution in [0.3, 0.4) is 0 Å². The number of ether oxygens (including phenoxy) is 2. The third-order valence-electron chi connectivity index (χ3n) is 11.0. The Morgan fingerprint density at radius 3 is 1.18 bits per heavy atom. The number of aliphatic hydroxyl groups is 2. The van der Waals surface area contributed by atoms with Gasteiger partial charge in [-0.1, -0.05) is 101 Å². The lowest BCUT2D eigenvalue weighted by molar-refractivity contribution is -0.0785. The molecule has 7 rings (SSSR count). The quantitative estimate of drug-likeness (QED) is 0.306. The van der Waals surface area contributed by atoms with Crippen molar-refractivity contribution < 1.29 is 19.7 Å². The molecule has 6 heteroatoms. The number of nitrogens with zero attached hydrogens (tertiary/aromatic N) is 2. The monoisotopic (exact) mass is 691 g/mol. The second-order valence-corrected chi connectivity index (χ2v) is 14.6. The Balaban J connectivity index is 1.26. The molecular weight excluding hydrogens is 620 g/mol. The lowest BCUT2D eigenvalue weighted by Gasteiger charge is -2.47. The van der Waals surface area contributed by atoms with E-state index in [1.54, 1.807) is 0 Å². The van der Waals surface area contributed by atoms with Crippen molar-refractivity contribution >= 4 is 11.4 Å². The van der Waals surface area contributed by atoms with E-state index in [1.807, 2.05) is 0 Å². The van der Waals surface area contributed by atoms with Crippen LogP contribution in [0.4, 0.5) is 11.4 Å². The Kier molecular flexibility index (Phi) is 19.4. The molecule has 0 aromatic heterocycles. The van der Waals surface area contributed by atoms with Crippen LogP contribution in [-0.4, -0.2) is 75.0 Å². The zero-order valence-corrected chi connectivity index (χ0v) is 31.7. The van der Waals surface area contributed by atoms with Gasteiger partial charge in [0, 0.05) is 62.6 Å². The molecule has 1 saturated carbocycles. The molecule has 0 radical (unpaired) electrons. The summed E-state index contributed by atoms with van der Waals surface area (Å²) in [7, 11) is 0. The van der Waals surface area contributed by atoms with Crippen LogP contribution < -0.4 is 9.80 Å². The molecule has 0 atom stereocenters. The van der Waals surface area contributed by atoms with Crippen LogP contribution in [0.2, 0.25) is 0 Å². The molecule has 2 N–H and O–H groups in total. The van der Waals surface area contributed by atoms with Crippen LogP contribution in [0.25, 0.3) is 0 Å². The fraction of sp³-hybridized carbons (Fsp3) is 0.682. The summed E-state index contributed by atoms with van der Waals surface area (Å²) in [5, 5.41) is 22.4. The number of likely N-dealkylation sites (N-methyl/N-ethyl adjacent to an activating group) is 2. The zero-order valence-electron chi connectivity index (χ0n) is 31.7. The van der Waals surface area contributed by atoms with Gasteiger partial charge < -0.3 is 29.5 Å². The highest BCUT2D eigenvalue weighted by atomic mass is 16.5. The van der Waals surface area contributed by atoms with Crippen LogP contribution in [-0.2, 0) is 9.47 Å². The van der Waals surface area contributed by atoms with E-state index in [1.165, 1.54) is 89.9 Å². The Hall–Kier alpha value is -2.38. The number of aliphatic hydroxyl groups excluding tert-OH is 2. The van der Waals surface area contributed by atoms with Gasteiger partial charge in [-0.2, -0.15) is 0 Å². The van der Waals surface area contributed by atoms with E-state index in [-0.39, 0.29) is 11.8 Å². The molecule has 6 nitrogen and oxygen atoms in total. The molecule has 5 aliphatic rings. The third kappa shape index (κ3) is 13.3. The second kappa shape index (κ2) is 24.0. The second-order valence-electron chi connectivity index (χ2n) is 14.6. The van der Waals surface area contributed by atoms with E-state index in [4.69, 9.17) is 9.47 Å². The van der Waals surface area contributed by atoms with E-state index in [0.717, 1.165) is 87.9 Å². The molecule has 280 valence electrons. The maximum Gasteiger partial charge on any atom is 0.0727 e. The Labute approximate surface area is 305 Å². The molecular formula is C44H70N2O4. The molecule has 4 heterocycles. The maximum atomic E-state index is 11.2. The molecule has 2 aromatic rings. The molecule has 6 bridgehead atoms. The van der Waals surface area contributed by atoms with Gasteiger partial charge in [0.1, 0.15) is 0 Å². The van der Waals surface area contributed by atoms with Gasteiger partial charge >= 0.3 is 0 Å². The molecule has 4 aliphatic heterocycles. The van der Waals surface area contributed by atoms with Crippen LogP contribution >= 0.6 is 0 Å². The fourth-order valence-electron chi connectivity index (χ4n) is 7.74. The highest BCUT2D eigenvalue weighted by Gasteiger charge is 2.50. The van der Waals surface area contributed by atoms with Crippen molar-refractivity contribution in [2.45, 2.75) is 141 Å². The van der Waals surface area contributed by atoms with E-state index >= 15 is 0 Å². The highest BCUT2D eigenvalue weighted by molar-refractivity contribution is 5.51. The van der Waals surface area contributed by atoms with Crippen LogP contribution in [0.5, 0.6) is 0 Å². The maximum absolute atomic E-state index is 11.2. The Bertz CT molecular complexity index is 1070. The average molecular weight is 691 g/mol. The topological polar surface area (TPSA) is 65.4 Å². The summed E-state index contributed by atoms with van der Waals surface area (Å²) < 4.78 is 12.0. The van der Waals surface area contributed by atoms with E-state index < -0.39 is 12.2 Å². The Morgan fingerprint density at radius 2 is 0.820 bits per heavy atom. The third-order valence-corrected chi connectivity index (χ3v) is 11.0. The van der Waals surface area contributed by atoms with Crippen LogP contribution in [0.1, 0.15) is 140 Å². The number of hydrogen-bond acceptors (Lipinski definition) is 6. The highest BCUT2D eigenvalue weighted by Crippen LogP contribution is 2.48. The number of fused-ring (bicyclic) bond motifs is 2. The van der Waals surface area contributed by atoms with Gasteiger partial charge in [0.2, 0.25) is 0 Å². The minimum Gasteiger partial charge on any atom is -0.392 e. The zero-order chi connectivity index (χ0) is 35.2. The number of anilines is 2. The van der Waals surface area contributed by atoms with Crippen molar-refractivity contribution in [3.8, 4) is 0 Å². The number of allylic oxidation sites excluding steroid dienone is 2. The first kappa shape index (κ1) is 40.4. The smallest absolute Gasteiger partial charge is 0.0727 e. The normalized spacial score (nSPS) is 25.7. The SMILES string of the molecule is CCN1CCOCCCCCCCCCC=CCCCCCCCCCOCCN(CC)c2ccc(cc2)C2C(O)C(c3ccc1cc3)C2O. The number of benzene rings is 2. The largest absolute Gasteiger partial charge is 0.392 e. The fourth-order valence-corrected chi connectivity index (χ4v) is 7.74. The summed E-state index contributed by atoms with van der Waals surface area (Å²) in [6.07, 6.45) is 24.3. The van der Waals surface area contributed by atoms with Crippen molar-refractivity contribution in [3.63, 3.8) is 0 Å². The van der Waals surface area contributed by atoms with E-state index in [0.29, 0.717) is 0 Å². The predicted molar refractivity (Wildman–Crippen MR) is 211 cm³/mol. The standard InChI is InChI=1S/C44H70N2O4/c1-3-45-31-35-49-33-21-19-17-15-13-11-9-7-5-6-8-10-12-14-16-18-20-22-34-50-36-32-46(4-2)40-29-25-38(26-30-40)42-43(47)41(44(42)48)37-23-27-39(45)28-24-37/h5-6,23-30,41-44,47-48H,3-4,7-22,31-36H2,1-2H3. The lowest BCUT2D eigenvalue weighted by Crippen LogP contribution is -2.51. The van der Waals surface area contributed by atoms with Crippen LogP contribution in [0.15, 0.2) is 60.7 Å². The van der Waals surface area contributed by atoms with Gasteiger partial charge in [-0.25, -0.2) is 0 Å². The van der Waals surface area contributed by atoms with Crippen molar-refractivity contribution in [2.75, 3.05) is 62.4 Å². The van der Waals surface area contributed by atoms with Gasteiger partial charge in [0.25, 0.3) is 0 Å². The summed E-state index contributed by atoms with van der Waals surface area (Å²) in [6, 6.07) is 16.8. The van der Waals surface area contributed by atoms with Gasteiger partial charge in [0.05, 0.1) is 25.4 Å². The molecule has 2 aromatic carbocycles. The average Bonchev–Trinajstić information content (AvgIpc) is 3.13. The summed E-state index contributed by atoms with van der Waals surface area (Å²) in [6.45, 7) is 11.0. The molecule has 0 spiro atoms. The van der Waals surface area contributed by atoms with Crippen molar-refractivity contribution in [3.05, 3.63) is 71.8 Å². The first-order valence-electron chi connectivity index (χ1n) is 20.5. The first-order chi connectivity index (χ1) is 24.6.